The van der Waals surface area contributed by atoms with E-state index in [0.29, 0.717) is 16.9 Å². The maximum absolute atomic E-state index is 13.2. The number of para-hydroxylation sites is 1. The summed E-state index contributed by atoms with van der Waals surface area (Å²) in [4.78, 5) is 12.6. The van der Waals surface area contributed by atoms with Gasteiger partial charge in [-0.1, -0.05) is 48.0 Å². The van der Waals surface area contributed by atoms with Crippen LogP contribution < -0.4 is 10.1 Å². The van der Waals surface area contributed by atoms with Crippen LogP contribution in [0.15, 0.2) is 70.3 Å². The number of rotatable bonds is 7. The molecule has 2 aromatic carbocycles. The van der Waals surface area contributed by atoms with Gasteiger partial charge in [-0.25, -0.2) is 8.42 Å². The molecule has 0 fully saturated rings. The fourth-order valence-electron chi connectivity index (χ4n) is 2.87. The number of carbonyl (C=O) groups excluding carboxylic acids is 1. The summed E-state index contributed by atoms with van der Waals surface area (Å²) in [7, 11) is -2.16. The van der Waals surface area contributed by atoms with Crippen molar-refractivity contribution in [2.24, 2.45) is 0 Å². The van der Waals surface area contributed by atoms with Crippen molar-refractivity contribution in [3.05, 3.63) is 82.7 Å². The molecule has 0 aliphatic rings. The normalized spacial score (nSPS) is 12.4. The van der Waals surface area contributed by atoms with E-state index in [1.807, 2.05) is 19.1 Å². The Balaban J connectivity index is 1.90. The van der Waals surface area contributed by atoms with Crippen molar-refractivity contribution in [3.8, 4) is 5.75 Å². The van der Waals surface area contributed by atoms with Crippen LogP contribution in [0.4, 0.5) is 0 Å². The van der Waals surface area contributed by atoms with E-state index in [9.17, 15) is 13.2 Å². The molecule has 0 unspecified atom stereocenters. The van der Waals surface area contributed by atoms with E-state index in [-0.39, 0.29) is 16.7 Å². The minimum absolute atomic E-state index is 0.0415. The van der Waals surface area contributed by atoms with Crippen LogP contribution in [-0.4, -0.2) is 28.0 Å². The van der Waals surface area contributed by atoms with E-state index in [0.717, 1.165) is 5.56 Å². The number of thiophene rings is 1. The highest BCUT2D eigenvalue weighted by Crippen LogP contribution is 2.31. The second-order valence-electron chi connectivity index (χ2n) is 6.29. The van der Waals surface area contributed by atoms with Gasteiger partial charge in [0, 0.05) is 6.54 Å². The largest absolute Gasteiger partial charge is 0.496 e. The molecule has 0 radical (unpaired) electrons. The first-order chi connectivity index (χ1) is 13.4. The van der Waals surface area contributed by atoms with E-state index in [1.54, 1.807) is 53.9 Å². The van der Waals surface area contributed by atoms with Gasteiger partial charge < -0.3 is 10.1 Å². The average molecular weight is 416 g/mol. The van der Waals surface area contributed by atoms with Gasteiger partial charge in [-0.05, 0) is 36.1 Å². The van der Waals surface area contributed by atoms with Crippen molar-refractivity contribution in [2.75, 3.05) is 13.7 Å². The predicted octanol–water partition coefficient (Wildman–Crippen LogP) is 4.01. The number of methoxy groups -OCH3 is 1. The lowest BCUT2D eigenvalue weighted by atomic mass is 10.1. The fourth-order valence-corrected chi connectivity index (χ4v) is 5.73. The first-order valence-electron chi connectivity index (χ1n) is 8.68. The van der Waals surface area contributed by atoms with Crippen LogP contribution in [0.2, 0.25) is 0 Å². The molecule has 7 heteroatoms. The van der Waals surface area contributed by atoms with Crippen LogP contribution in [0.5, 0.6) is 5.75 Å². The molecule has 1 aromatic heterocycles. The fraction of sp³-hybridized carbons (Fsp3) is 0.190. The number of sulfone groups is 1. The molecule has 0 aliphatic heterocycles. The molecule has 0 bridgehead atoms. The first kappa shape index (κ1) is 20.1. The highest BCUT2D eigenvalue weighted by atomic mass is 32.2. The number of aryl methyl sites for hydroxylation is 1. The Labute approximate surface area is 168 Å². The third-order valence-corrected chi connectivity index (χ3v) is 7.93. The first-order valence-corrected chi connectivity index (χ1v) is 11.1. The summed E-state index contributed by atoms with van der Waals surface area (Å²) in [6.45, 7) is 1.90. The quantitative estimate of drug-likeness (QED) is 0.633. The predicted molar refractivity (Wildman–Crippen MR) is 111 cm³/mol. The molecule has 1 N–H and O–H groups in total. The van der Waals surface area contributed by atoms with Crippen LogP contribution in [-0.2, 0) is 9.84 Å². The SMILES string of the molecule is COc1ccccc1C(=O)NC[C@H](c1ccc(C)cc1)S(=O)(=O)c1cccs1. The third-order valence-electron chi connectivity index (χ3n) is 4.40. The molecule has 0 saturated carbocycles. The van der Waals surface area contributed by atoms with Crippen LogP contribution in [0.3, 0.4) is 0 Å². The van der Waals surface area contributed by atoms with E-state index < -0.39 is 15.1 Å². The number of hydrogen-bond donors (Lipinski definition) is 1. The third kappa shape index (κ3) is 4.26. The van der Waals surface area contributed by atoms with Crippen molar-refractivity contribution >= 4 is 27.1 Å². The molecular formula is C21H21NO4S2. The second-order valence-corrected chi connectivity index (χ2v) is 9.59. The lowest BCUT2D eigenvalue weighted by molar-refractivity contribution is 0.0950. The zero-order chi connectivity index (χ0) is 20.1. The zero-order valence-electron chi connectivity index (χ0n) is 15.6. The van der Waals surface area contributed by atoms with Gasteiger partial charge >= 0.3 is 0 Å². The van der Waals surface area contributed by atoms with Crippen molar-refractivity contribution in [1.82, 2.24) is 5.32 Å². The summed E-state index contributed by atoms with van der Waals surface area (Å²) in [6.07, 6.45) is 0. The molecule has 0 aliphatic carbocycles. The summed E-state index contributed by atoms with van der Waals surface area (Å²) >= 11 is 1.17. The standard InChI is InChI=1S/C21H21NO4S2/c1-15-9-11-16(12-10-15)19(28(24,25)20-8-5-13-27-20)14-22-21(23)17-6-3-4-7-18(17)26-2/h3-13,19H,14H2,1-2H3,(H,22,23)/t19-/m1/s1. The maximum atomic E-state index is 13.2. The maximum Gasteiger partial charge on any atom is 0.255 e. The Kier molecular flexibility index (Phi) is 6.16. The lowest BCUT2D eigenvalue weighted by Gasteiger charge is -2.19. The number of amides is 1. The lowest BCUT2D eigenvalue weighted by Crippen LogP contribution is -2.32. The van der Waals surface area contributed by atoms with Crippen LogP contribution in [0.25, 0.3) is 0 Å². The number of nitrogens with one attached hydrogen (secondary N) is 1. The zero-order valence-corrected chi connectivity index (χ0v) is 17.2. The molecule has 3 aromatic rings. The Morgan fingerprint density at radius 1 is 1.07 bits per heavy atom. The molecule has 1 atom stereocenters. The summed E-state index contributed by atoms with van der Waals surface area (Å²) < 4.78 is 31.9. The number of hydrogen-bond acceptors (Lipinski definition) is 5. The van der Waals surface area contributed by atoms with Crippen LogP contribution >= 0.6 is 11.3 Å². The van der Waals surface area contributed by atoms with Crippen molar-refractivity contribution < 1.29 is 17.9 Å². The molecule has 28 heavy (non-hydrogen) atoms. The van der Waals surface area contributed by atoms with Gasteiger partial charge in [-0.3, -0.25) is 4.79 Å². The monoisotopic (exact) mass is 415 g/mol. The van der Waals surface area contributed by atoms with Gasteiger partial charge in [0.1, 0.15) is 15.2 Å². The van der Waals surface area contributed by atoms with E-state index in [1.165, 1.54) is 18.4 Å². The second kappa shape index (κ2) is 8.58. The summed E-state index contributed by atoms with van der Waals surface area (Å²) in [5.41, 5.74) is 2.04. The van der Waals surface area contributed by atoms with Gasteiger partial charge in [0.2, 0.25) is 0 Å². The van der Waals surface area contributed by atoms with Crippen LogP contribution in [0, 0.1) is 6.92 Å². The Bertz CT molecular complexity index is 1040. The van der Waals surface area contributed by atoms with Gasteiger partial charge in [-0.2, -0.15) is 0 Å². The molecule has 5 nitrogen and oxygen atoms in total. The molecule has 0 spiro atoms. The van der Waals surface area contributed by atoms with E-state index in [4.69, 9.17) is 4.74 Å². The van der Waals surface area contributed by atoms with Gasteiger partial charge in [-0.15, -0.1) is 11.3 Å². The van der Waals surface area contributed by atoms with Crippen molar-refractivity contribution in [3.63, 3.8) is 0 Å². The Hall–Kier alpha value is -2.64. The molecule has 0 saturated heterocycles. The minimum Gasteiger partial charge on any atom is -0.496 e. The van der Waals surface area contributed by atoms with Gasteiger partial charge in [0.15, 0.2) is 9.84 Å². The number of ether oxygens (including phenoxy) is 1. The summed E-state index contributed by atoms with van der Waals surface area (Å²) in [5.74, 6) is 0.0592. The molecule has 3 rings (SSSR count). The highest BCUT2D eigenvalue weighted by Gasteiger charge is 2.30. The number of benzene rings is 2. The van der Waals surface area contributed by atoms with Crippen molar-refractivity contribution in [2.45, 2.75) is 16.4 Å². The molecule has 146 valence electrons. The Morgan fingerprint density at radius 2 is 1.79 bits per heavy atom. The van der Waals surface area contributed by atoms with E-state index >= 15 is 0 Å². The Morgan fingerprint density at radius 3 is 2.43 bits per heavy atom. The van der Waals surface area contributed by atoms with Gasteiger partial charge in [0.05, 0.1) is 12.7 Å². The highest BCUT2D eigenvalue weighted by molar-refractivity contribution is 7.93. The topological polar surface area (TPSA) is 72.5 Å². The van der Waals surface area contributed by atoms with E-state index in [2.05, 4.69) is 5.32 Å². The van der Waals surface area contributed by atoms with Crippen LogP contribution in [0.1, 0.15) is 26.7 Å². The van der Waals surface area contributed by atoms with Gasteiger partial charge in [0.25, 0.3) is 5.91 Å². The minimum atomic E-state index is -3.64. The van der Waals surface area contributed by atoms with Crippen molar-refractivity contribution in [1.29, 1.82) is 0 Å². The molecule has 1 heterocycles. The smallest absolute Gasteiger partial charge is 0.255 e. The summed E-state index contributed by atoms with van der Waals surface area (Å²) in [6, 6.07) is 17.4. The number of carbonyl (C=O) groups is 1. The average Bonchev–Trinajstić information content (AvgIpc) is 3.25. The summed E-state index contributed by atoms with van der Waals surface area (Å²) in [5, 5.41) is 3.61. The molecule has 1 amide bonds. The molecular weight excluding hydrogens is 394 g/mol.